The van der Waals surface area contributed by atoms with Crippen LogP contribution in [-0.4, -0.2) is 33.1 Å². The van der Waals surface area contributed by atoms with Crippen molar-refractivity contribution in [2.45, 2.75) is 56.4 Å². The van der Waals surface area contributed by atoms with E-state index in [2.05, 4.69) is 47.9 Å². The first kappa shape index (κ1) is 20.6. The Hall–Kier alpha value is -1.12. The van der Waals surface area contributed by atoms with Crippen LogP contribution in [0.2, 0.25) is 0 Å². The lowest BCUT2D eigenvalue weighted by molar-refractivity contribution is 0.0589. The van der Waals surface area contributed by atoms with Crippen LogP contribution in [0.5, 0.6) is 0 Å². The number of thiazole rings is 1. The van der Waals surface area contributed by atoms with E-state index in [0.29, 0.717) is 20.5 Å². The smallest absolute Gasteiger partial charge is 0.358 e. The zero-order chi connectivity index (χ0) is 19.7. The monoisotopic (exact) mass is 469 g/mol. The molecule has 0 bridgehead atoms. The van der Waals surface area contributed by atoms with Gasteiger partial charge in [0.25, 0.3) is 0 Å². The first-order chi connectivity index (χ1) is 12.8. The van der Waals surface area contributed by atoms with Crippen LogP contribution in [0.4, 0.5) is 0 Å². The van der Waals surface area contributed by atoms with Gasteiger partial charge in [-0.05, 0) is 53.6 Å². The van der Waals surface area contributed by atoms with E-state index >= 15 is 0 Å². The average molecular weight is 470 g/mol. The Morgan fingerprint density at radius 2 is 2.22 bits per heavy atom. The van der Waals surface area contributed by atoms with E-state index in [9.17, 15) is 4.79 Å². The number of ether oxygens (including phenoxy) is 1. The second-order valence-electron chi connectivity index (χ2n) is 7.06. The van der Waals surface area contributed by atoms with Gasteiger partial charge in [-0.2, -0.15) is 9.78 Å². The summed E-state index contributed by atoms with van der Waals surface area (Å²) in [5.41, 5.74) is 3.46. The van der Waals surface area contributed by atoms with E-state index < -0.39 is 5.97 Å². The molecule has 0 fully saturated rings. The predicted molar refractivity (Wildman–Crippen MR) is 115 cm³/mol. The van der Waals surface area contributed by atoms with Crippen molar-refractivity contribution in [2.75, 3.05) is 7.11 Å². The zero-order valence-electron chi connectivity index (χ0n) is 16.2. The number of aromatic nitrogens is 3. The van der Waals surface area contributed by atoms with Gasteiger partial charge in [-0.15, -0.1) is 11.8 Å². The van der Waals surface area contributed by atoms with Gasteiger partial charge in [0.05, 0.1) is 27.2 Å². The Balaban J connectivity index is 2.10. The molecule has 1 atom stereocenters. The molecule has 1 aliphatic carbocycles. The maximum Gasteiger partial charge on any atom is 0.358 e. The maximum absolute atomic E-state index is 12.3. The number of nitrogens with zero attached hydrogens (tertiary/aromatic N) is 3. The summed E-state index contributed by atoms with van der Waals surface area (Å²) in [6.45, 7) is 8.51. The lowest BCUT2D eigenvalue weighted by Crippen LogP contribution is -2.11. The summed E-state index contributed by atoms with van der Waals surface area (Å²) >= 11 is 6.86. The molecule has 2 heterocycles. The number of halogens is 1. The van der Waals surface area contributed by atoms with E-state index in [-0.39, 0.29) is 0 Å². The Morgan fingerprint density at radius 1 is 1.48 bits per heavy atom. The molecule has 8 heteroatoms. The molecule has 0 radical (unpaired) electrons. The van der Waals surface area contributed by atoms with Crippen LogP contribution in [0.15, 0.2) is 14.8 Å². The Labute approximate surface area is 176 Å². The first-order valence-corrected chi connectivity index (χ1v) is 11.5. The van der Waals surface area contributed by atoms with Gasteiger partial charge in [0.2, 0.25) is 5.13 Å². The van der Waals surface area contributed by atoms with Crippen molar-refractivity contribution in [1.29, 1.82) is 0 Å². The van der Waals surface area contributed by atoms with Crippen molar-refractivity contribution in [3.8, 4) is 5.13 Å². The van der Waals surface area contributed by atoms with Crippen LogP contribution in [0.25, 0.3) is 10.7 Å². The van der Waals surface area contributed by atoms with Crippen LogP contribution in [-0.2, 0) is 4.74 Å². The third kappa shape index (κ3) is 4.32. The summed E-state index contributed by atoms with van der Waals surface area (Å²) in [4.78, 5) is 17.2. The minimum absolute atomic E-state index is 0.377. The van der Waals surface area contributed by atoms with Crippen LogP contribution >= 0.6 is 39.0 Å². The summed E-state index contributed by atoms with van der Waals surface area (Å²) in [6, 6.07) is 0. The van der Waals surface area contributed by atoms with Gasteiger partial charge < -0.3 is 4.74 Å². The molecule has 0 saturated heterocycles. The summed E-state index contributed by atoms with van der Waals surface area (Å²) in [6.07, 6.45) is 5.64. The third-order valence-corrected chi connectivity index (χ3v) is 7.64. The molecule has 146 valence electrons. The molecule has 3 rings (SSSR count). The van der Waals surface area contributed by atoms with Gasteiger partial charge in [0.1, 0.15) is 0 Å². The molecule has 1 unspecified atom stereocenters. The van der Waals surface area contributed by atoms with E-state index in [1.165, 1.54) is 23.3 Å². The molecular weight excluding hydrogens is 446 g/mol. The topological polar surface area (TPSA) is 57.0 Å². The maximum atomic E-state index is 12.3. The van der Waals surface area contributed by atoms with E-state index in [0.717, 1.165) is 30.1 Å². The molecule has 2 aromatic rings. The molecule has 2 aromatic heterocycles. The number of rotatable bonds is 5. The van der Waals surface area contributed by atoms with Crippen LogP contribution < -0.4 is 0 Å². The number of hydrogen-bond acceptors (Lipinski definition) is 6. The molecular formula is C19H24BrN3O2S2. The fraction of sp³-hybridized carbons (Fsp3) is 0.526. The lowest BCUT2D eigenvalue weighted by Gasteiger charge is -2.18. The van der Waals surface area contributed by atoms with Crippen molar-refractivity contribution >= 4 is 50.6 Å². The highest BCUT2D eigenvalue weighted by Crippen LogP contribution is 2.41. The molecule has 0 amide bonds. The molecule has 5 nitrogen and oxygen atoms in total. The average Bonchev–Trinajstić information content (AvgIpc) is 3.16. The quantitative estimate of drug-likeness (QED) is 0.403. The van der Waals surface area contributed by atoms with Crippen molar-refractivity contribution in [2.24, 2.45) is 5.92 Å². The fourth-order valence-corrected chi connectivity index (χ4v) is 5.90. The number of thioether (sulfide) groups is 1. The number of carbonyl (C=O) groups is 1. The second kappa shape index (κ2) is 8.49. The lowest BCUT2D eigenvalue weighted by atomic mass is 9.90. The van der Waals surface area contributed by atoms with Crippen molar-refractivity contribution in [3.05, 3.63) is 27.6 Å². The highest BCUT2D eigenvalue weighted by atomic mass is 79.9. The van der Waals surface area contributed by atoms with Crippen LogP contribution in [0.3, 0.4) is 0 Å². The minimum Gasteiger partial charge on any atom is -0.464 e. The molecule has 1 aliphatic rings. The fourth-order valence-electron chi connectivity index (χ4n) is 2.98. The number of methoxy groups -OCH3 is 1. The Bertz CT molecular complexity index is 886. The summed E-state index contributed by atoms with van der Waals surface area (Å²) in [5.74, 6) is 0.298. The number of allylic oxidation sites excluding steroid dienone is 2. The van der Waals surface area contributed by atoms with Crippen molar-refractivity contribution < 1.29 is 9.53 Å². The standard InChI is InChI=1S/C19H24BrN3O2S2/c1-10(2)26-18-15(13-8-6-11(3)7-9-13)21-19(27-18)23-16(17(24)25-5)14(20)12(4)22-23/h8,10-11H,6-7,9H2,1-5H3. The molecule has 0 saturated carbocycles. The Morgan fingerprint density at radius 3 is 2.81 bits per heavy atom. The highest BCUT2D eigenvalue weighted by molar-refractivity contribution is 9.10. The molecule has 0 N–H and O–H groups in total. The minimum atomic E-state index is -0.428. The van der Waals surface area contributed by atoms with Crippen LogP contribution in [0, 0.1) is 12.8 Å². The van der Waals surface area contributed by atoms with Gasteiger partial charge in [-0.3, -0.25) is 0 Å². The van der Waals surface area contributed by atoms with E-state index in [4.69, 9.17) is 9.72 Å². The predicted octanol–water partition coefficient (Wildman–Crippen LogP) is 5.89. The number of hydrogen-bond donors (Lipinski definition) is 0. The van der Waals surface area contributed by atoms with Gasteiger partial charge in [-0.25, -0.2) is 9.78 Å². The summed E-state index contributed by atoms with van der Waals surface area (Å²) in [7, 11) is 1.38. The molecule has 0 aromatic carbocycles. The first-order valence-electron chi connectivity index (χ1n) is 9.02. The summed E-state index contributed by atoms with van der Waals surface area (Å²) < 4.78 is 8.39. The van der Waals surface area contributed by atoms with E-state index in [1.807, 2.05) is 18.7 Å². The van der Waals surface area contributed by atoms with Crippen molar-refractivity contribution in [3.63, 3.8) is 0 Å². The van der Waals surface area contributed by atoms with Crippen molar-refractivity contribution in [1.82, 2.24) is 14.8 Å². The molecule has 27 heavy (non-hydrogen) atoms. The third-order valence-electron chi connectivity index (χ3n) is 4.45. The number of esters is 1. The SMILES string of the molecule is COC(=O)c1c(Br)c(C)nn1-c1nc(C2=CCC(C)CC2)c(SC(C)C)s1. The van der Waals surface area contributed by atoms with Gasteiger partial charge in [0, 0.05) is 5.25 Å². The highest BCUT2D eigenvalue weighted by Gasteiger charge is 2.26. The van der Waals surface area contributed by atoms with Gasteiger partial charge in [-0.1, -0.05) is 38.2 Å². The zero-order valence-corrected chi connectivity index (χ0v) is 19.4. The molecule has 0 aliphatic heterocycles. The van der Waals surface area contributed by atoms with Gasteiger partial charge >= 0.3 is 5.97 Å². The largest absolute Gasteiger partial charge is 0.464 e. The second-order valence-corrected chi connectivity index (χ2v) is 10.7. The number of aryl methyl sites for hydroxylation is 1. The number of carbonyl (C=O) groups excluding carboxylic acids is 1. The van der Waals surface area contributed by atoms with E-state index in [1.54, 1.807) is 16.0 Å². The normalized spacial score (nSPS) is 17.3. The summed E-state index contributed by atoms with van der Waals surface area (Å²) in [5, 5.41) is 5.67. The van der Waals surface area contributed by atoms with Gasteiger partial charge in [0.15, 0.2) is 5.69 Å². The molecule has 0 spiro atoms. The Kier molecular flexibility index (Phi) is 6.48. The van der Waals surface area contributed by atoms with Crippen LogP contribution in [0.1, 0.15) is 61.9 Å².